The third kappa shape index (κ3) is 6.65. The predicted octanol–water partition coefficient (Wildman–Crippen LogP) is 0.999. The number of carboxylic acids is 1. The van der Waals surface area contributed by atoms with Crippen molar-refractivity contribution < 1.29 is 19.5 Å². The Hall–Kier alpha value is -0.490. The number of carbonyl (C=O) groups excluding carboxylic acids is 2. The maximum Gasteiger partial charge on any atom is 0.317 e. The zero-order valence-corrected chi connectivity index (χ0v) is 8.91. The Balaban J connectivity index is 4.02. The topological polar surface area (TPSA) is 71.4 Å². The molecule has 0 fully saturated rings. The molecule has 0 saturated heterocycles. The van der Waals surface area contributed by atoms with Gasteiger partial charge in [-0.05, 0) is 0 Å². The van der Waals surface area contributed by atoms with Crippen molar-refractivity contribution in [2.24, 2.45) is 0 Å². The molecular weight excluding hydrogens is 212 g/mol. The number of aliphatic carboxylic acids is 1. The van der Waals surface area contributed by atoms with E-state index in [0.717, 1.165) is 23.5 Å². The van der Waals surface area contributed by atoms with Crippen LogP contribution >= 0.6 is 23.5 Å². The van der Waals surface area contributed by atoms with Crippen LogP contribution in [-0.4, -0.2) is 32.3 Å². The SMILES string of the molecule is CC(=O)SCC(SC(C)=O)C(=O)O. The monoisotopic (exact) mass is 222 g/mol. The van der Waals surface area contributed by atoms with Crippen molar-refractivity contribution in [3.05, 3.63) is 0 Å². The molecule has 0 aliphatic heterocycles. The summed E-state index contributed by atoms with van der Waals surface area (Å²) in [5, 5.41) is 7.41. The normalized spacial score (nSPS) is 12.2. The summed E-state index contributed by atoms with van der Waals surface area (Å²) in [7, 11) is 0. The van der Waals surface area contributed by atoms with E-state index in [2.05, 4.69) is 0 Å². The molecule has 6 heteroatoms. The fraction of sp³-hybridized carbons (Fsp3) is 0.571. The Labute approximate surface area is 84.5 Å². The van der Waals surface area contributed by atoms with Crippen molar-refractivity contribution in [1.82, 2.24) is 0 Å². The second kappa shape index (κ2) is 6.04. The minimum atomic E-state index is -1.06. The summed E-state index contributed by atoms with van der Waals surface area (Å²) in [6.07, 6.45) is 0. The molecule has 0 aromatic heterocycles. The van der Waals surface area contributed by atoms with Gasteiger partial charge in [0.25, 0.3) is 0 Å². The molecule has 0 aromatic carbocycles. The quantitative estimate of drug-likeness (QED) is 0.765. The van der Waals surface area contributed by atoms with E-state index in [4.69, 9.17) is 5.11 Å². The summed E-state index contributed by atoms with van der Waals surface area (Å²) in [5.74, 6) is -0.927. The number of rotatable bonds is 4. The van der Waals surface area contributed by atoms with Crippen LogP contribution in [0.3, 0.4) is 0 Å². The molecule has 0 amide bonds. The average molecular weight is 222 g/mol. The molecule has 0 spiro atoms. The van der Waals surface area contributed by atoms with Gasteiger partial charge in [-0.15, -0.1) is 0 Å². The molecular formula is C7H10O4S2. The van der Waals surface area contributed by atoms with Gasteiger partial charge >= 0.3 is 5.97 Å². The molecule has 13 heavy (non-hydrogen) atoms. The first-order valence-electron chi connectivity index (χ1n) is 3.47. The van der Waals surface area contributed by atoms with Crippen LogP contribution in [-0.2, 0) is 14.4 Å². The van der Waals surface area contributed by atoms with E-state index in [1.165, 1.54) is 13.8 Å². The molecule has 0 aliphatic carbocycles. The molecule has 0 aliphatic rings. The number of hydrogen-bond acceptors (Lipinski definition) is 5. The summed E-state index contributed by atoms with van der Waals surface area (Å²) in [6, 6.07) is 0. The van der Waals surface area contributed by atoms with Gasteiger partial charge in [0.05, 0.1) is 0 Å². The van der Waals surface area contributed by atoms with Gasteiger partial charge in [-0.25, -0.2) is 0 Å². The summed E-state index contributed by atoms with van der Waals surface area (Å²) < 4.78 is 0. The van der Waals surface area contributed by atoms with Gasteiger partial charge in [0, 0.05) is 19.6 Å². The average Bonchev–Trinajstić information content (AvgIpc) is 1.96. The molecule has 0 rings (SSSR count). The van der Waals surface area contributed by atoms with Crippen LogP contribution in [0.2, 0.25) is 0 Å². The second-order valence-electron chi connectivity index (χ2n) is 2.24. The first kappa shape index (κ1) is 12.5. The molecule has 4 nitrogen and oxygen atoms in total. The van der Waals surface area contributed by atoms with Crippen LogP contribution in [0.5, 0.6) is 0 Å². The molecule has 1 atom stereocenters. The van der Waals surface area contributed by atoms with E-state index in [1.807, 2.05) is 0 Å². The molecule has 0 aromatic rings. The second-order valence-corrected chi connectivity index (χ2v) is 4.82. The summed E-state index contributed by atoms with van der Waals surface area (Å²) in [5.41, 5.74) is 0. The lowest BCUT2D eigenvalue weighted by molar-refractivity contribution is -0.136. The standard InChI is InChI=1S/C7H10O4S2/c1-4(8)12-3-6(7(10)11)13-5(2)9/h6H,3H2,1-2H3,(H,10,11). The first-order chi connectivity index (χ1) is 5.93. The first-order valence-corrected chi connectivity index (χ1v) is 5.33. The Morgan fingerprint density at radius 2 is 1.77 bits per heavy atom. The van der Waals surface area contributed by atoms with Gasteiger partial charge in [0.15, 0.2) is 10.2 Å². The van der Waals surface area contributed by atoms with Gasteiger partial charge in [-0.3, -0.25) is 14.4 Å². The Bertz CT molecular complexity index is 227. The van der Waals surface area contributed by atoms with Crippen LogP contribution in [0.4, 0.5) is 0 Å². The van der Waals surface area contributed by atoms with Crippen molar-refractivity contribution in [2.45, 2.75) is 19.1 Å². The minimum Gasteiger partial charge on any atom is -0.480 e. The lowest BCUT2D eigenvalue weighted by Crippen LogP contribution is -2.21. The van der Waals surface area contributed by atoms with Crippen molar-refractivity contribution in [3.63, 3.8) is 0 Å². The highest BCUT2D eigenvalue weighted by Crippen LogP contribution is 2.17. The van der Waals surface area contributed by atoms with Crippen LogP contribution < -0.4 is 0 Å². The maximum absolute atomic E-state index is 10.6. The van der Waals surface area contributed by atoms with Gasteiger partial charge in [-0.1, -0.05) is 23.5 Å². The van der Waals surface area contributed by atoms with E-state index in [0.29, 0.717) is 0 Å². The van der Waals surface area contributed by atoms with Crippen LogP contribution in [0.25, 0.3) is 0 Å². The lowest BCUT2D eigenvalue weighted by atomic mass is 10.5. The van der Waals surface area contributed by atoms with Crippen molar-refractivity contribution in [3.8, 4) is 0 Å². The van der Waals surface area contributed by atoms with Gasteiger partial charge in [0.2, 0.25) is 0 Å². The Morgan fingerprint density at radius 1 is 1.23 bits per heavy atom. The molecule has 1 unspecified atom stereocenters. The van der Waals surface area contributed by atoms with Crippen LogP contribution in [0.1, 0.15) is 13.8 Å². The van der Waals surface area contributed by atoms with E-state index >= 15 is 0 Å². The largest absolute Gasteiger partial charge is 0.480 e. The highest BCUT2D eigenvalue weighted by atomic mass is 32.2. The molecule has 74 valence electrons. The van der Waals surface area contributed by atoms with Crippen molar-refractivity contribution in [1.29, 1.82) is 0 Å². The van der Waals surface area contributed by atoms with Gasteiger partial charge in [0.1, 0.15) is 5.25 Å². The molecule has 0 radical (unpaired) electrons. The minimum absolute atomic E-state index is 0.134. The van der Waals surface area contributed by atoms with Crippen molar-refractivity contribution >= 4 is 39.7 Å². The number of thioether (sulfide) groups is 2. The summed E-state index contributed by atoms with van der Waals surface area (Å²) in [4.78, 5) is 31.7. The van der Waals surface area contributed by atoms with Crippen LogP contribution in [0.15, 0.2) is 0 Å². The fourth-order valence-electron chi connectivity index (χ4n) is 0.549. The summed E-state index contributed by atoms with van der Waals surface area (Å²) in [6.45, 7) is 2.67. The number of carbonyl (C=O) groups is 3. The predicted molar refractivity (Wildman–Crippen MR) is 52.8 cm³/mol. The maximum atomic E-state index is 10.6. The smallest absolute Gasteiger partial charge is 0.317 e. The molecule has 0 saturated carbocycles. The van der Waals surface area contributed by atoms with Crippen molar-refractivity contribution in [2.75, 3.05) is 5.75 Å². The Morgan fingerprint density at radius 3 is 2.08 bits per heavy atom. The van der Waals surface area contributed by atoms with Gasteiger partial charge < -0.3 is 5.11 Å². The number of hydrogen-bond donors (Lipinski definition) is 1. The van der Waals surface area contributed by atoms with E-state index in [-0.39, 0.29) is 16.0 Å². The lowest BCUT2D eigenvalue weighted by Gasteiger charge is -2.07. The molecule has 0 heterocycles. The van der Waals surface area contributed by atoms with Crippen LogP contribution in [0, 0.1) is 0 Å². The summed E-state index contributed by atoms with van der Waals surface area (Å²) >= 11 is 1.66. The van der Waals surface area contributed by atoms with E-state index < -0.39 is 11.2 Å². The van der Waals surface area contributed by atoms with E-state index in [9.17, 15) is 14.4 Å². The molecule has 1 N–H and O–H groups in total. The third-order valence-electron chi connectivity index (χ3n) is 1.02. The number of carboxylic acid groups (broad SMARTS) is 1. The highest BCUT2D eigenvalue weighted by Gasteiger charge is 2.20. The molecule has 0 bridgehead atoms. The van der Waals surface area contributed by atoms with E-state index in [1.54, 1.807) is 0 Å². The third-order valence-corrected chi connectivity index (χ3v) is 3.12. The Kier molecular flexibility index (Phi) is 5.81. The highest BCUT2D eigenvalue weighted by molar-refractivity contribution is 8.17. The fourth-order valence-corrected chi connectivity index (χ4v) is 2.06. The zero-order chi connectivity index (χ0) is 10.4. The zero-order valence-electron chi connectivity index (χ0n) is 7.27. The van der Waals surface area contributed by atoms with Gasteiger partial charge in [-0.2, -0.15) is 0 Å².